The molecule has 0 unspecified atom stereocenters. The van der Waals surface area contributed by atoms with E-state index in [1.807, 2.05) is 50.2 Å². The summed E-state index contributed by atoms with van der Waals surface area (Å²) in [6, 6.07) is 13.2. The molecule has 2 heterocycles. The Labute approximate surface area is 167 Å². The number of aromatic nitrogens is 2. The van der Waals surface area contributed by atoms with Crippen LogP contribution in [0.5, 0.6) is 0 Å². The van der Waals surface area contributed by atoms with Crippen molar-refractivity contribution in [2.75, 3.05) is 11.1 Å². The molecule has 0 atom stereocenters. The fourth-order valence-electron chi connectivity index (χ4n) is 3.15. The van der Waals surface area contributed by atoms with Gasteiger partial charge in [-0.15, -0.1) is 0 Å². The number of hydrogen-bond donors (Lipinski definition) is 2. The molecule has 6 nitrogen and oxygen atoms in total. The molecule has 1 amide bonds. The summed E-state index contributed by atoms with van der Waals surface area (Å²) < 4.78 is 0. The van der Waals surface area contributed by atoms with Crippen molar-refractivity contribution in [3.63, 3.8) is 0 Å². The highest BCUT2D eigenvalue weighted by Gasteiger charge is 2.19. The monoisotopic (exact) mass is 391 g/mol. The molecular weight excluding hydrogens is 374 g/mol. The van der Waals surface area contributed by atoms with E-state index >= 15 is 0 Å². The Hall–Kier alpha value is -3.25. The molecule has 0 saturated heterocycles. The molecule has 3 aromatic rings. The summed E-state index contributed by atoms with van der Waals surface area (Å²) in [7, 11) is 0. The topological polar surface area (TPSA) is 93.3 Å². The van der Waals surface area contributed by atoms with Gasteiger partial charge in [0.2, 0.25) is 11.9 Å². The molecule has 28 heavy (non-hydrogen) atoms. The summed E-state index contributed by atoms with van der Waals surface area (Å²) in [4.78, 5) is 25.6. The number of anilines is 2. The predicted molar refractivity (Wildman–Crippen MR) is 112 cm³/mol. The molecule has 1 aliphatic heterocycles. The number of nitrogens with one attached hydrogen (secondary N) is 1. The van der Waals surface area contributed by atoms with Crippen molar-refractivity contribution in [3.05, 3.63) is 64.3 Å². The highest BCUT2D eigenvalue weighted by Crippen LogP contribution is 2.34. The van der Waals surface area contributed by atoms with Crippen LogP contribution in [0.4, 0.5) is 17.3 Å². The van der Waals surface area contributed by atoms with E-state index in [1.54, 1.807) is 6.07 Å². The minimum atomic E-state index is -0.134. The van der Waals surface area contributed by atoms with Gasteiger partial charge in [-0.3, -0.25) is 9.79 Å². The number of nitrogen functional groups attached to an aromatic ring is 1. The highest BCUT2D eigenvalue weighted by molar-refractivity contribution is 6.32. The van der Waals surface area contributed by atoms with Crippen LogP contribution >= 0.6 is 11.6 Å². The molecule has 140 valence electrons. The van der Waals surface area contributed by atoms with Crippen molar-refractivity contribution in [2.45, 2.75) is 20.3 Å². The third-order valence-corrected chi connectivity index (χ3v) is 4.90. The molecule has 1 aromatic heterocycles. The number of benzene rings is 2. The third-order valence-electron chi connectivity index (χ3n) is 4.50. The lowest BCUT2D eigenvalue weighted by molar-refractivity contribution is -0.115. The van der Waals surface area contributed by atoms with Crippen LogP contribution in [0.1, 0.15) is 23.2 Å². The average molecular weight is 392 g/mol. The zero-order valence-corrected chi connectivity index (χ0v) is 16.2. The van der Waals surface area contributed by atoms with E-state index in [0.717, 1.165) is 28.1 Å². The van der Waals surface area contributed by atoms with Crippen molar-refractivity contribution in [2.24, 2.45) is 4.99 Å². The zero-order valence-electron chi connectivity index (χ0n) is 15.5. The van der Waals surface area contributed by atoms with Gasteiger partial charge in [0.25, 0.3) is 0 Å². The van der Waals surface area contributed by atoms with E-state index in [9.17, 15) is 4.79 Å². The standard InChI is InChI=1S/C21H18ClN5O/c1-11-6-18-19(9-15(11)22)26-20(28)10-17(25-18)14-5-3-4-13(8-14)16-7-12(2)24-21(23)27-16/h3-9H,10H2,1-2H3,(H,26,28)(H2,23,24,27). The molecule has 0 saturated carbocycles. The summed E-state index contributed by atoms with van der Waals surface area (Å²) >= 11 is 6.19. The molecule has 1 aliphatic rings. The summed E-state index contributed by atoms with van der Waals surface area (Å²) in [6.07, 6.45) is 0.166. The first-order chi connectivity index (χ1) is 13.4. The van der Waals surface area contributed by atoms with Crippen molar-refractivity contribution >= 4 is 40.5 Å². The molecule has 0 aliphatic carbocycles. The summed E-state index contributed by atoms with van der Waals surface area (Å²) in [5.41, 5.74) is 11.9. The number of halogens is 1. The first kappa shape index (κ1) is 18.1. The second-order valence-corrected chi connectivity index (χ2v) is 7.14. The lowest BCUT2D eigenvalue weighted by Crippen LogP contribution is -2.15. The smallest absolute Gasteiger partial charge is 0.230 e. The molecule has 2 aromatic carbocycles. The first-order valence-corrected chi connectivity index (χ1v) is 9.16. The van der Waals surface area contributed by atoms with E-state index < -0.39 is 0 Å². The zero-order chi connectivity index (χ0) is 19.8. The van der Waals surface area contributed by atoms with Crippen LogP contribution in [0.3, 0.4) is 0 Å². The summed E-state index contributed by atoms with van der Waals surface area (Å²) in [6.45, 7) is 3.78. The summed E-state index contributed by atoms with van der Waals surface area (Å²) in [5, 5.41) is 3.47. The van der Waals surface area contributed by atoms with Gasteiger partial charge >= 0.3 is 0 Å². The van der Waals surface area contributed by atoms with Gasteiger partial charge in [-0.05, 0) is 49.2 Å². The van der Waals surface area contributed by atoms with Crippen LogP contribution in [0.25, 0.3) is 11.3 Å². The minimum Gasteiger partial charge on any atom is -0.368 e. The SMILES string of the molecule is Cc1cc(-c2cccc(C3=Nc4cc(C)c(Cl)cc4NC(=O)C3)c2)nc(N)n1. The molecule has 3 N–H and O–H groups in total. The van der Waals surface area contributed by atoms with Gasteiger partial charge in [-0.1, -0.05) is 29.8 Å². The van der Waals surface area contributed by atoms with Gasteiger partial charge in [-0.2, -0.15) is 0 Å². The van der Waals surface area contributed by atoms with Crippen LogP contribution in [0, 0.1) is 13.8 Å². The Kier molecular flexibility index (Phi) is 4.57. The second-order valence-electron chi connectivity index (χ2n) is 6.74. The number of aryl methyl sites for hydroxylation is 2. The van der Waals surface area contributed by atoms with E-state index in [1.165, 1.54) is 0 Å². The van der Waals surface area contributed by atoms with E-state index in [4.69, 9.17) is 22.3 Å². The van der Waals surface area contributed by atoms with E-state index in [2.05, 4.69) is 15.3 Å². The largest absolute Gasteiger partial charge is 0.368 e. The molecule has 0 fully saturated rings. The Morgan fingerprint density at radius 2 is 1.86 bits per heavy atom. The van der Waals surface area contributed by atoms with Crippen LogP contribution in [0.15, 0.2) is 47.5 Å². The number of carbonyl (C=O) groups excluding carboxylic acids is 1. The van der Waals surface area contributed by atoms with Gasteiger partial charge in [0.1, 0.15) is 0 Å². The molecule has 7 heteroatoms. The maximum absolute atomic E-state index is 12.4. The van der Waals surface area contributed by atoms with Gasteiger partial charge in [0, 0.05) is 16.3 Å². The second kappa shape index (κ2) is 7.05. The number of nitrogens with two attached hydrogens (primary N) is 1. The normalized spacial score (nSPS) is 13.4. The van der Waals surface area contributed by atoms with Crippen LogP contribution < -0.4 is 11.1 Å². The van der Waals surface area contributed by atoms with Crippen molar-refractivity contribution < 1.29 is 4.79 Å². The maximum Gasteiger partial charge on any atom is 0.230 e. The number of fused-ring (bicyclic) bond motifs is 1. The minimum absolute atomic E-state index is 0.134. The van der Waals surface area contributed by atoms with Crippen LogP contribution in [-0.4, -0.2) is 21.6 Å². The van der Waals surface area contributed by atoms with Crippen LogP contribution in [0.2, 0.25) is 5.02 Å². The van der Waals surface area contributed by atoms with Gasteiger partial charge in [0.15, 0.2) is 0 Å². The quantitative estimate of drug-likeness (QED) is 0.674. The number of nitrogens with zero attached hydrogens (tertiary/aromatic N) is 3. The molecule has 4 rings (SSSR count). The highest BCUT2D eigenvalue weighted by atomic mass is 35.5. The molecular formula is C21H18ClN5O. The number of amides is 1. The van der Waals surface area contributed by atoms with E-state index in [-0.39, 0.29) is 18.3 Å². The van der Waals surface area contributed by atoms with Gasteiger partial charge in [-0.25, -0.2) is 9.97 Å². The average Bonchev–Trinajstić information content (AvgIpc) is 2.79. The van der Waals surface area contributed by atoms with Gasteiger partial charge in [0.05, 0.1) is 29.2 Å². The number of carbonyl (C=O) groups is 1. The van der Waals surface area contributed by atoms with Crippen molar-refractivity contribution in [3.8, 4) is 11.3 Å². The Bertz CT molecular complexity index is 1120. The first-order valence-electron chi connectivity index (χ1n) is 8.78. The van der Waals surface area contributed by atoms with Crippen molar-refractivity contribution in [1.82, 2.24) is 9.97 Å². The van der Waals surface area contributed by atoms with E-state index in [0.29, 0.717) is 22.1 Å². The lowest BCUT2D eigenvalue weighted by Gasteiger charge is -2.08. The number of rotatable bonds is 2. The molecule has 0 radical (unpaired) electrons. The van der Waals surface area contributed by atoms with Crippen LogP contribution in [-0.2, 0) is 4.79 Å². The van der Waals surface area contributed by atoms with Crippen molar-refractivity contribution in [1.29, 1.82) is 0 Å². The lowest BCUT2D eigenvalue weighted by atomic mass is 10.0. The van der Waals surface area contributed by atoms with Gasteiger partial charge < -0.3 is 11.1 Å². The summed E-state index contributed by atoms with van der Waals surface area (Å²) in [5.74, 6) is 0.0952. The Morgan fingerprint density at radius 3 is 2.64 bits per heavy atom. The predicted octanol–water partition coefficient (Wildman–Crippen LogP) is 4.46. The third kappa shape index (κ3) is 3.59. The Balaban J connectivity index is 1.80. The molecule has 0 spiro atoms. The number of aliphatic imine (C=N–C) groups is 1. The maximum atomic E-state index is 12.4. The number of hydrogen-bond acceptors (Lipinski definition) is 5. The fraction of sp³-hybridized carbons (Fsp3) is 0.143. The molecule has 0 bridgehead atoms. The Morgan fingerprint density at radius 1 is 1.07 bits per heavy atom. The fourth-order valence-corrected chi connectivity index (χ4v) is 3.32.